The van der Waals surface area contributed by atoms with Crippen LogP contribution in [0.3, 0.4) is 0 Å². The lowest BCUT2D eigenvalue weighted by molar-refractivity contribution is -0.175. The Balaban J connectivity index is 2.25. The number of hydrogen-bond acceptors (Lipinski definition) is 3. The number of piperidine rings is 1. The van der Waals surface area contributed by atoms with Gasteiger partial charge in [0.05, 0.1) is 11.6 Å². The predicted molar refractivity (Wildman–Crippen MR) is 66.2 cm³/mol. The minimum atomic E-state index is -4.18. The Kier molecular flexibility index (Phi) is 3.64. The van der Waals surface area contributed by atoms with E-state index in [1.165, 1.54) is 6.20 Å². The summed E-state index contributed by atoms with van der Waals surface area (Å²) in [7, 11) is 0. The van der Waals surface area contributed by atoms with Crippen molar-refractivity contribution in [3.8, 4) is 0 Å². The van der Waals surface area contributed by atoms with E-state index in [0.717, 1.165) is 0 Å². The average molecular weight is 272 g/mol. The van der Waals surface area contributed by atoms with Gasteiger partial charge in [-0.1, -0.05) is 0 Å². The molecule has 7 heteroatoms. The SMILES string of the molecule is N=C(N)c1ncccc1N1CCCC(C(F)(F)F)C1. The fraction of sp³-hybridized carbons (Fsp3) is 0.500. The first-order chi connectivity index (χ1) is 8.89. The highest BCUT2D eigenvalue weighted by Crippen LogP contribution is 2.35. The fourth-order valence-corrected chi connectivity index (χ4v) is 2.32. The number of nitrogens with zero attached hydrogens (tertiary/aromatic N) is 2. The summed E-state index contributed by atoms with van der Waals surface area (Å²) in [6, 6.07) is 3.29. The quantitative estimate of drug-likeness (QED) is 0.640. The van der Waals surface area contributed by atoms with Gasteiger partial charge in [-0.05, 0) is 25.0 Å². The number of nitrogens with two attached hydrogens (primary N) is 1. The van der Waals surface area contributed by atoms with Crippen molar-refractivity contribution < 1.29 is 13.2 Å². The maximum Gasteiger partial charge on any atom is 0.393 e. The number of alkyl halides is 3. The van der Waals surface area contributed by atoms with Gasteiger partial charge in [0, 0.05) is 19.3 Å². The first-order valence-corrected chi connectivity index (χ1v) is 6.00. The van der Waals surface area contributed by atoms with Crippen LogP contribution in [0.15, 0.2) is 18.3 Å². The van der Waals surface area contributed by atoms with Crippen LogP contribution >= 0.6 is 0 Å². The zero-order valence-corrected chi connectivity index (χ0v) is 10.2. The summed E-state index contributed by atoms with van der Waals surface area (Å²) in [6.07, 6.45) is -2.09. The molecule has 0 aromatic carbocycles. The topological polar surface area (TPSA) is 66.0 Å². The van der Waals surface area contributed by atoms with Gasteiger partial charge in [-0.15, -0.1) is 0 Å². The van der Waals surface area contributed by atoms with Crippen LogP contribution < -0.4 is 10.6 Å². The van der Waals surface area contributed by atoms with E-state index in [1.807, 2.05) is 0 Å². The highest BCUT2D eigenvalue weighted by molar-refractivity contribution is 5.98. The molecular weight excluding hydrogens is 257 g/mol. The summed E-state index contributed by atoms with van der Waals surface area (Å²) in [5.41, 5.74) is 6.16. The van der Waals surface area contributed by atoms with Crippen molar-refractivity contribution in [2.24, 2.45) is 11.7 Å². The molecule has 0 radical (unpaired) electrons. The summed E-state index contributed by atoms with van der Waals surface area (Å²) < 4.78 is 38.3. The zero-order chi connectivity index (χ0) is 14.0. The Bertz CT molecular complexity index is 472. The number of halogens is 3. The van der Waals surface area contributed by atoms with E-state index in [-0.39, 0.29) is 24.5 Å². The van der Waals surface area contributed by atoms with Gasteiger partial charge in [-0.2, -0.15) is 13.2 Å². The molecule has 1 fully saturated rings. The smallest absolute Gasteiger partial charge is 0.382 e. The number of aromatic nitrogens is 1. The Labute approximate surface area is 108 Å². The molecule has 4 nitrogen and oxygen atoms in total. The average Bonchev–Trinajstić information content (AvgIpc) is 2.38. The van der Waals surface area contributed by atoms with Gasteiger partial charge in [0.25, 0.3) is 0 Å². The van der Waals surface area contributed by atoms with E-state index in [2.05, 4.69) is 4.98 Å². The number of amidine groups is 1. The van der Waals surface area contributed by atoms with Crippen LogP contribution in [-0.4, -0.2) is 30.1 Å². The van der Waals surface area contributed by atoms with Crippen LogP contribution in [0.1, 0.15) is 18.5 Å². The minimum Gasteiger partial charge on any atom is -0.382 e. The molecule has 0 aliphatic carbocycles. The number of nitrogens with one attached hydrogen (secondary N) is 1. The molecule has 1 aliphatic rings. The van der Waals surface area contributed by atoms with E-state index in [0.29, 0.717) is 18.7 Å². The van der Waals surface area contributed by atoms with Crippen LogP contribution in [0.25, 0.3) is 0 Å². The first kappa shape index (κ1) is 13.6. The minimum absolute atomic E-state index is 0.102. The van der Waals surface area contributed by atoms with Crippen molar-refractivity contribution >= 4 is 11.5 Å². The molecule has 3 N–H and O–H groups in total. The standard InChI is InChI=1S/C12H15F3N4/c13-12(14,15)8-3-2-6-19(7-8)9-4-1-5-18-10(9)11(16)17/h1,4-5,8H,2-3,6-7H2,(H3,16,17). The van der Waals surface area contributed by atoms with Crippen molar-refractivity contribution in [1.82, 2.24) is 4.98 Å². The second-order valence-electron chi connectivity index (χ2n) is 4.61. The molecule has 1 atom stereocenters. The van der Waals surface area contributed by atoms with Crippen LogP contribution in [0, 0.1) is 11.3 Å². The maximum absolute atomic E-state index is 12.8. The molecule has 0 saturated carbocycles. The number of pyridine rings is 1. The van der Waals surface area contributed by atoms with Gasteiger partial charge in [0.15, 0.2) is 0 Å². The molecule has 1 aromatic rings. The molecule has 104 valence electrons. The highest BCUT2D eigenvalue weighted by Gasteiger charge is 2.42. The largest absolute Gasteiger partial charge is 0.393 e. The van der Waals surface area contributed by atoms with Gasteiger partial charge in [0.2, 0.25) is 0 Å². The summed E-state index contributed by atoms with van der Waals surface area (Å²) in [6.45, 7) is 0.425. The second-order valence-corrected chi connectivity index (χ2v) is 4.61. The lowest BCUT2D eigenvalue weighted by atomic mass is 9.97. The molecule has 0 amide bonds. The summed E-state index contributed by atoms with van der Waals surface area (Å²) in [5, 5.41) is 7.43. The highest BCUT2D eigenvalue weighted by atomic mass is 19.4. The lowest BCUT2D eigenvalue weighted by Crippen LogP contribution is -2.42. The molecule has 0 bridgehead atoms. The van der Waals surface area contributed by atoms with Gasteiger partial charge in [-0.3, -0.25) is 10.4 Å². The normalized spacial score (nSPS) is 20.4. The molecule has 1 aliphatic heterocycles. The monoisotopic (exact) mass is 272 g/mol. The zero-order valence-electron chi connectivity index (χ0n) is 10.2. The summed E-state index contributed by atoms with van der Waals surface area (Å²) in [4.78, 5) is 5.58. The molecular formula is C12H15F3N4. The Morgan fingerprint density at radius 1 is 1.47 bits per heavy atom. The van der Waals surface area contributed by atoms with Gasteiger partial charge in [0.1, 0.15) is 11.5 Å². The molecule has 2 heterocycles. The van der Waals surface area contributed by atoms with Gasteiger partial charge >= 0.3 is 6.18 Å². The van der Waals surface area contributed by atoms with E-state index >= 15 is 0 Å². The third-order valence-corrected chi connectivity index (χ3v) is 3.27. The number of hydrogen-bond donors (Lipinski definition) is 2. The van der Waals surface area contributed by atoms with Crippen LogP contribution in [0.4, 0.5) is 18.9 Å². The fourth-order valence-electron chi connectivity index (χ4n) is 2.32. The molecule has 2 rings (SSSR count). The van der Waals surface area contributed by atoms with Gasteiger partial charge in [-0.25, -0.2) is 0 Å². The Hall–Kier alpha value is -1.79. The van der Waals surface area contributed by atoms with E-state index < -0.39 is 12.1 Å². The number of nitrogen functional groups attached to an aromatic ring is 1. The van der Waals surface area contributed by atoms with Crippen molar-refractivity contribution in [2.45, 2.75) is 19.0 Å². The molecule has 19 heavy (non-hydrogen) atoms. The van der Waals surface area contributed by atoms with Crippen molar-refractivity contribution in [1.29, 1.82) is 5.41 Å². The van der Waals surface area contributed by atoms with Gasteiger partial charge < -0.3 is 10.6 Å². The lowest BCUT2D eigenvalue weighted by Gasteiger charge is -2.35. The molecule has 1 unspecified atom stereocenters. The predicted octanol–water partition coefficient (Wildman–Crippen LogP) is 2.14. The van der Waals surface area contributed by atoms with Crippen LogP contribution in [0.2, 0.25) is 0 Å². The van der Waals surface area contributed by atoms with E-state index in [4.69, 9.17) is 11.1 Å². The first-order valence-electron chi connectivity index (χ1n) is 6.00. The van der Waals surface area contributed by atoms with Crippen molar-refractivity contribution in [2.75, 3.05) is 18.0 Å². The Morgan fingerprint density at radius 2 is 2.21 bits per heavy atom. The summed E-state index contributed by atoms with van der Waals surface area (Å²) in [5.74, 6) is -1.56. The third kappa shape index (κ3) is 2.97. The van der Waals surface area contributed by atoms with E-state index in [9.17, 15) is 13.2 Å². The van der Waals surface area contributed by atoms with Crippen molar-refractivity contribution in [3.05, 3.63) is 24.0 Å². The van der Waals surface area contributed by atoms with Crippen molar-refractivity contribution in [3.63, 3.8) is 0 Å². The molecule has 0 spiro atoms. The van der Waals surface area contributed by atoms with E-state index in [1.54, 1.807) is 17.0 Å². The summed E-state index contributed by atoms with van der Waals surface area (Å²) >= 11 is 0. The number of anilines is 1. The molecule has 1 saturated heterocycles. The van der Waals surface area contributed by atoms with Crippen LogP contribution in [-0.2, 0) is 0 Å². The number of rotatable bonds is 2. The second kappa shape index (κ2) is 5.07. The maximum atomic E-state index is 12.8. The van der Waals surface area contributed by atoms with Crippen LogP contribution in [0.5, 0.6) is 0 Å². The Morgan fingerprint density at radius 3 is 2.84 bits per heavy atom. The third-order valence-electron chi connectivity index (χ3n) is 3.27. The molecule has 1 aromatic heterocycles.